The van der Waals surface area contributed by atoms with Crippen LogP contribution in [0.3, 0.4) is 0 Å². The van der Waals surface area contributed by atoms with Crippen molar-refractivity contribution in [1.82, 2.24) is 5.32 Å². The van der Waals surface area contributed by atoms with Gasteiger partial charge in [0.15, 0.2) is 5.17 Å². The first-order chi connectivity index (χ1) is 7.74. The standard InChI is InChI=1S/C10H18N2O3S/c1-2-3-11-10-12-6-4-7(14)8(5-13)15-9(6)16-10/h6-9,13-14H,2-5H2,1H3,(H,11,12)/t6-,7+,8-,9-/m1/s1. The van der Waals surface area contributed by atoms with Crippen LogP contribution >= 0.6 is 11.8 Å². The van der Waals surface area contributed by atoms with Crippen LogP contribution in [0, 0.1) is 0 Å². The van der Waals surface area contributed by atoms with Gasteiger partial charge < -0.3 is 20.3 Å². The van der Waals surface area contributed by atoms with Crippen molar-refractivity contribution >= 4 is 16.9 Å². The second-order valence-corrected chi connectivity index (χ2v) is 5.16. The number of hydrogen-bond acceptors (Lipinski definition) is 6. The minimum Gasteiger partial charge on any atom is -0.394 e. The molecule has 2 rings (SSSR count). The fourth-order valence-electron chi connectivity index (χ4n) is 1.86. The van der Waals surface area contributed by atoms with Crippen molar-refractivity contribution in [2.24, 2.45) is 4.99 Å². The van der Waals surface area contributed by atoms with Crippen molar-refractivity contribution < 1.29 is 14.9 Å². The van der Waals surface area contributed by atoms with Gasteiger partial charge in [-0.3, -0.25) is 4.99 Å². The summed E-state index contributed by atoms with van der Waals surface area (Å²) >= 11 is 1.55. The summed E-state index contributed by atoms with van der Waals surface area (Å²) in [5.74, 6) is 0. The average Bonchev–Trinajstić information content (AvgIpc) is 2.66. The van der Waals surface area contributed by atoms with Crippen LogP contribution < -0.4 is 5.32 Å². The van der Waals surface area contributed by atoms with Crippen LogP contribution in [0.1, 0.15) is 19.8 Å². The zero-order chi connectivity index (χ0) is 11.5. The molecule has 0 unspecified atom stereocenters. The Morgan fingerprint density at radius 2 is 2.44 bits per heavy atom. The lowest BCUT2D eigenvalue weighted by Gasteiger charge is -2.33. The Morgan fingerprint density at radius 1 is 1.62 bits per heavy atom. The molecule has 5 nitrogen and oxygen atoms in total. The summed E-state index contributed by atoms with van der Waals surface area (Å²) in [7, 11) is 0. The predicted octanol–water partition coefficient (Wildman–Crippen LogP) is -0.0744. The van der Waals surface area contributed by atoms with Gasteiger partial charge in [0.05, 0.1) is 18.8 Å². The first-order valence-electron chi connectivity index (χ1n) is 5.67. The molecule has 0 aliphatic carbocycles. The summed E-state index contributed by atoms with van der Waals surface area (Å²) in [6.07, 6.45) is 0.549. The molecule has 1 fully saturated rings. The van der Waals surface area contributed by atoms with Crippen LogP contribution in [0.15, 0.2) is 4.99 Å². The largest absolute Gasteiger partial charge is 0.394 e. The van der Waals surface area contributed by atoms with E-state index in [1.807, 2.05) is 0 Å². The molecule has 2 heterocycles. The highest BCUT2D eigenvalue weighted by Gasteiger charge is 2.41. The van der Waals surface area contributed by atoms with E-state index in [-0.39, 0.29) is 18.1 Å². The molecule has 0 bridgehead atoms. The van der Waals surface area contributed by atoms with Crippen LogP contribution in [0.5, 0.6) is 0 Å². The number of hydrogen-bond donors (Lipinski definition) is 3. The van der Waals surface area contributed by atoms with Gasteiger partial charge in [-0.15, -0.1) is 0 Å². The Hall–Kier alpha value is -0.300. The number of aliphatic imine (C=N–C) groups is 1. The molecule has 4 atom stereocenters. The number of nitrogens with one attached hydrogen (secondary N) is 1. The van der Waals surface area contributed by atoms with E-state index >= 15 is 0 Å². The fraction of sp³-hybridized carbons (Fsp3) is 0.900. The third-order valence-electron chi connectivity index (χ3n) is 2.75. The quantitative estimate of drug-likeness (QED) is 0.650. The van der Waals surface area contributed by atoms with Crippen LogP contribution in [0.4, 0.5) is 0 Å². The smallest absolute Gasteiger partial charge is 0.159 e. The number of rotatable bonds is 3. The normalized spacial score (nSPS) is 38.1. The fourth-order valence-corrected chi connectivity index (χ4v) is 2.99. The second kappa shape index (κ2) is 5.35. The number of aliphatic hydroxyl groups is 2. The molecule has 0 spiro atoms. The lowest BCUT2D eigenvalue weighted by Crippen LogP contribution is -2.45. The molecule has 0 saturated carbocycles. The van der Waals surface area contributed by atoms with Crippen molar-refractivity contribution in [1.29, 1.82) is 0 Å². The Morgan fingerprint density at radius 3 is 3.12 bits per heavy atom. The number of nitrogens with zero attached hydrogens (tertiary/aromatic N) is 1. The SMILES string of the molecule is CCCNC1=N[C@@H]2C[C@H](O)[C@@H](CO)O[C@@H]2S1. The maximum absolute atomic E-state index is 9.69. The lowest BCUT2D eigenvalue weighted by atomic mass is 10.0. The Bertz CT molecular complexity index is 275. The summed E-state index contributed by atoms with van der Waals surface area (Å²) < 4.78 is 5.59. The van der Waals surface area contributed by atoms with E-state index in [9.17, 15) is 5.11 Å². The van der Waals surface area contributed by atoms with Gasteiger partial charge in [-0.2, -0.15) is 0 Å². The molecule has 0 aromatic rings. The highest BCUT2D eigenvalue weighted by molar-refractivity contribution is 8.14. The van der Waals surface area contributed by atoms with Crippen molar-refractivity contribution in [2.75, 3.05) is 13.2 Å². The van der Waals surface area contributed by atoms with Crippen LogP contribution in [-0.4, -0.2) is 52.2 Å². The molecule has 3 N–H and O–H groups in total. The maximum atomic E-state index is 9.69. The molecule has 0 aromatic carbocycles. The van der Waals surface area contributed by atoms with Crippen molar-refractivity contribution in [2.45, 2.75) is 43.5 Å². The van der Waals surface area contributed by atoms with Gasteiger partial charge in [-0.05, 0) is 6.42 Å². The van der Waals surface area contributed by atoms with Gasteiger partial charge in [0.25, 0.3) is 0 Å². The molecule has 0 aromatic heterocycles. The molecule has 2 aliphatic rings. The molecule has 2 aliphatic heterocycles. The van der Waals surface area contributed by atoms with Crippen LogP contribution in [-0.2, 0) is 4.74 Å². The van der Waals surface area contributed by atoms with E-state index in [1.54, 1.807) is 11.8 Å². The molecule has 92 valence electrons. The minimum absolute atomic E-state index is 0.0159. The number of amidine groups is 1. The highest BCUT2D eigenvalue weighted by Crippen LogP contribution is 2.35. The molecule has 1 saturated heterocycles. The lowest BCUT2D eigenvalue weighted by molar-refractivity contribution is -0.111. The Balaban J connectivity index is 1.91. The van der Waals surface area contributed by atoms with Gasteiger partial charge in [-0.1, -0.05) is 18.7 Å². The van der Waals surface area contributed by atoms with E-state index in [0.717, 1.165) is 18.1 Å². The third kappa shape index (κ3) is 2.51. The van der Waals surface area contributed by atoms with Gasteiger partial charge in [0, 0.05) is 13.0 Å². The van der Waals surface area contributed by atoms with Gasteiger partial charge in [0.1, 0.15) is 11.5 Å². The monoisotopic (exact) mass is 246 g/mol. The van der Waals surface area contributed by atoms with Crippen molar-refractivity contribution in [3.05, 3.63) is 0 Å². The summed E-state index contributed by atoms with van der Waals surface area (Å²) in [6, 6.07) is 0.0159. The van der Waals surface area contributed by atoms with Crippen LogP contribution in [0.25, 0.3) is 0 Å². The van der Waals surface area contributed by atoms with E-state index in [0.29, 0.717) is 6.42 Å². The van der Waals surface area contributed by atoms with Gasteiger partial charge in [-0.25, -0.2) is 0 Å². The number of ether oxygens (including phenoxy) is 1. The maximum Gasteiger partial charge on any atom is 0.159 e. The summed E-state index contributed by atoms with van der Waals surface area (Å²) in [5.41, 5.74) is -0.0556. The second-order valence-electron chi connectivity index (χ2n) is 4.07. The molecule has 0 amide bonds. The zero-order valence-electron chi connectivity index (χ0n) is 9.30. The van der Waals surface area contributed by atoms with Gasteiger partial charge >= 0.3 is 0 Å². The van der Waals surface area contributed by atoms with Crippen molar-refractivity contribution in [3.63, 3.8) is 0 Å². The number of fused-ring (bicyclic) bond motifs is 1. The van der Waals surface area contributed by atoms with Crippen LogP contribution in [0.2, 0.25) is 0 Å². The first kappa shape index (κ1) is 12.2. The summed E-state index contributed by atoms with van der Waals surface area (Å²) in [4.78, 5) is 4.47. The average molecular weight is 246 g/mol. The van der Waals surface area contributed by atoms with E-state index in [1.165, 1.54) is 0 Å². The molecule has 16 heavy (non-hydrogen) atoms. The first-order valence-corrected chi connectivity index (χ1v) is 6.55. The van der Waals surface area contributed by atoms with E-state index in [4.69, 9.17) is 9.84 Å². The summed E-state index contributed by atoms with van der Waals surface area (Å²) in [6.45, 7) is 2.86. The Labute approximate surface area is 99.3 Å². The van der Waals surface area contributed by atoms with Crippen molar-refractivity contribution in [3.8, 4) is 0 Å². The van der Waals surface area contributed by atoms with E-state index in [2.05, 4.69) is 17.2 Å². The third-order valence-corrected chi connectivity index (χ3v) is 3.88. The molecular formula is C10H18N2O3S. The minimum atomic E-state index is -0.610. The number of aliphatic hydroxyl groups excluding tert-OH is 2. The molecule has 0 radical (unpaired) electrons. The van der Waals surface area contributed by atoms with E-state index < -0.39 is 12.2 Å². The molecule has 6 heteroatoms. The zero-order valence-corrected chi connectivity index (χ0v) is 10.1. The Kier molecular flexibility index (Phi) is 4.07. The topological polar surface area (TPSA) is 74.1 Å². The molecular weight excluding hydrogens is 228 g/mol. The summed E-state index contributed by atoms with van der Waals surface area (Å²) in [5, 5.41) is 22.9. The van der Waals surface area contributed by atoms with Gasteiger partial charge in [0.2, 0.25) is 0 Å². The number of thioether (sulfide) groups is 1. The predicted molar refractivity (Wildman–Crippen MR) is 63.5 cm³/mol. The highest BCUT2D eigenvalue weighted by atomic mass is 32.2.